The zero-order valence-electron chi connectivity index (χ0n) is 10.6. The van der Waals surface area contributed by atoms with E-state index in [0.29, 0.717) is 0 Å². The highest BCUT2D eigenvalue weighted by molar-refractivity contribution is 7.87. The van der Waals surface area contributed by atoms with E-state index in [1.165, 1.54) is 10.7 Å². The van der Waals surface area contributed by atoms with Crippen LogP contribution in [0.4, 0.5) is 0 Å². The summed E-state index contributed by atoms with van der Waals surface area (Å²) in [5, 5.41) is 6.44. The molecule has 18 heavy (non-hydrogen) atoms. The molecule has 2 N–H and O–H groups in total. The van der Waals surface area contributed by atoms with E-state index in [2.05, 4.69) is 14.9 Å². The van der Waals surface area contributed by atoms with Gasteiger partial charge in [0, 0.05) is 31.4 Å². The van der Waals surface area contributed by atoms with Crippen molar-refractivity contribution in [3.63, 3.8) is 0 Å². The molecule has 0 spiro atoms. The summed E-state index contributed by atoms with van der Waals surface area (Å²) in [5.41, 5.74) is 0.829. The predicted molar refractivity (Wildman–Crippen MR) is 69.0 cm³/mol. The number of aromatic nitrogens is 2. The van der Waals surface area contributed by atoms with E-state index in [-0.39, 0.29) is 12.6 Å². The van der Waals surface area contributed by atoms with Crippen LogP contribution < -0.4 is 4.72 Å². The van der Waals surface area contributed by atoms with Crippen molar-refractivity contribution in [3.8, 4) is 0 Å². The van der Waals surface area contributed by atoms with Crippen LogP contribution in [0.3, 0.4) is 0 Å². The van der Waals surface area contributed by atoms with Gasteiger partial charge in [-0.25, -0.2) is 0 Å². The van der Waals surface area contributed by atoms with E-state index in [4.69, 9.17) is 0 Å². The van der Waals surface area contributed by atoms with Crippen LogP contribution in [0, 0.1) is 0 Å². The van der Waals surface area contributed by atoms with Crippen molar-refractivity contribution in [2.75, 3.05) is 7.05 Å². The van der Waals surface area contributed by atoms with Gasteiger partial charge < -0.3 is 0 Å². The third kappa shape index (κ3) is 3.30. The van der Waals surface area contributed by atoms with Gasteiger partial charge in [-0.3, -0.25) is 5.10 Å². The summed E-state index contributed by atoms with van der Waals surface area (Å²) in [6.45, 7) is 0.274. The van der Waals surface area contributed by atoms with Crippen LogP contribution in [-0.2, 0) is 16.8 Å². The minimum atomic E-state index is -3.39. The molecule has 1 aliphatic rings. The number of hydrogen-bond donors (Lipinski definition) is 2. The Morgan fingerprint density at radius 3 is 2.78 bits per heavy atom. The third-order valence-corrected chi connectivity index (χ3v) is 5.05. The fourth-order valence-electron chi connectivity index (χ4n) is 2.29. The summed E-state index contributed by atoms with van der Waals surface area (Å²) in [6, 6.07) is 0.139. The van der Waals surface area contributed by atoms with Crippen LogP contribution in [0.1, 0.15) is 37.7 Å². The molecule has 0 amide bonds. The molecule has 1 aliphatic carbocycles. The molecule has 0 unspecified atom stereocenters. The molecule has 1 fully saturated rings. The highest BCUT2D eigenvalue weighted by atomic mass is 32.2. The van der Waals surface area contributed by atoms with Gasteiger partial charge in [0.15, 0.2) is 0 Å². The van der Waals surface area contributed by atoms with E-state index in [0.717, 1.165) is 31.2 Å². The molecule has 7 heteroatoms. The predicted octanol–water partition coefficient (Wildman–Crippen LogP) is 1.01. The van der Waals surface area contributed by atoms with Gasteiger partial charge in [0.25, 0.3) is 10.2 Å². The molecule has 1 aromatic heterocycles. The topological polar surface area (TPSA) is 78.1 Å². The molecule has 0 radical (unpaired) electrons. The van der Waals surface area contributed by atoms with E-state index in [1.54, 1.807) is 19.4 Å². The Kier molecular flexibility index (Phi) is 4.36. The first-order chi connectivity index (χ1) is 8.59. The Labute approximate surface area is 108 Å². The third-order valence-electron chi connectivity index (χ3n) is 3.48. The summed E-state index contributed by atoms with van der Waals surface area (Å²) >= 11 is 0. The lowest BCUT2D eigenvalue weighted by Crippen LogP contribution is -2.44. The summed E-state index contributed by atoms with van der Waals surface area (Å²) in [5.74, 6) is 0. The summed E-state index contributed by atoms with van der Waals surface area (Å²) in [4.78, 5) is 0. The number of hydrogen-bond acceptors (Lipinski definition) is 3. The van der Waals surface area contributed by atoms with Crippen LogP contribution in [0.5, 0.6) is 0 Å². The first-order valence-electron chi connectivity index (χ1n) is 6.30. The van der Waals surface area contributed by atoms with E-state index >= 15 is 0 Å². The van der Waals surface area contributed by atoms with Crippen molar-refractivity contribution in [3.05, 3.63) is 18.0 Å². The van der Waals surface area contributed by atoms with Crippen LogP contribution in [0.2, 0.25) is 0 Å². The van der Waals surface area contributed by atoms with Crippen molar-refractivity contribution in [1.82, 2.24) is 19.2 Å². The maximum absolute atomic E-state index is 12.1. The summed E-state index contributed by atoms with van der Waals surface area (Å²) in [6.07, 6.45) is 8.67. The van der Waals surface area contributed by atoms with E-state index in [9.17, 15) is 8.42 Å². The lowest BCUT2D eigenvalue weighted by Gasteiger charge is -2.30. The molecule has 0 aromatic carbocycles. The Hall–Kier alpha value is -0.920. The van der Waals surface area contributed by atoms with Gasteiger partial charge in [-0.05, 0) is 12.8 Å². The van der Waals surface area contributed by atoms with Crippen molar-refractivity contribution in [2.24, 2.45) is 0 Å². The molecule has 0 atom stereocenters. The minimum absolute atomic E-state index is 0.139. The number of aromatic amines is 1. The molecule has 1 heterocycles. The maximum atomic E-state index is 12.1. The van der Waals surface area contributed by atoms with Gasteiger partial charge in [0.05, 0.1) is 6.20 Å². The van der Waals surface area contributed by atoms with Crippen molar-refractivity contribution < 1.29 is 8.42 Å². The van der Waals surface area contributed by atoms with Gasteiger partial charge in [-0.15, -0.1) is 0 Å². The Balaban J connectivity index is 1.92. The molecule has 2 rings (SSSR count). The van der Waals surface area contributed by atoms with Crippen LogP contribution in [0.15, 0.2) is 12.4 Å². The molecule has 0 saturated heterocycles. The first kappa shape index (κ1) is 13.5. The zero-order valence-corrected chi connectivity index (χ0v) is 11.4. The van der Waals surface area contributed by atoms with Crippen molar-refractivity contribution in [2.45, 2.75) is 44.7 Å². The van der Waals surface area contributed by atoms with Gasteiger partial charge in [0.2, 0.25) is 0 Å². The van der Waals surface area contributed by atoms with Crippen molar-refractivity contribution in [1.29, 1.82) is 0 Å². The smallest absolute Gasteiger partial charge is 0.279 e. The number of nitrogens with one attached hydrogen (secondary N) is 2. The highest BCUT2D eigenvalue weighted by Gasteiger charge is 2.27. The highest BCUT2D eigenvalue weighted by Crippen LogP contribution is 2.22. The molecule has 0 aliphatic heterocycles. The zero-order chi connectivity index (χ0) is 13.0. The lowest BCUT2D eigenvalue weighted by molar-refractivity contribution is 0.283. The van der Waals surface area contributed by atoms with Crippen LogP contribution in [-0.4, -0.2) is 36.0 Å². The van der Waals surface area contributed by atoms with Gasteiger partial charge in [-0.1, -0.05) is 19.3 Å². The van der Waals surface area contributed by atoms with Crippen LogP contribution >= 0.6 is 0 Å². The molecule has 0 bridgehead atoms. The largest absolute Gasteiger partial charge is 0.285 e. The maximum Gasteiger partial charge on any atom is 0.279 e. The molecule has 1 saturated carbocycles. The Bertz CT molecular complexity index is 451. The van der Waals surface area contributed by atoms with Gasteiger partial charge >= 0.3 is 0 Å². The second-order valence-corrected chi connectivity index (χ2v) is 6.56. The molecule has 102 valence electrons. The van der Waals surface area contributed by atoms with Crippen LogP contribution in [0.25, 0.3) is 0 Å². The van der Waals surface area contributed by atoms with Gasteiger partial charge in [-0.2, -0.15) is 22.5 Å². The number of rotatable bonds is 5. The van der Waals surface area contributed by atoms with E-state index < -0.39 is 10.2 Å². The van der Waals surface area contributed by atoms with Gasteiger partial charge in [0.1, 0.15) is 0 Å². The lowest BCUT2D eigenvalue weighted by atomic mass is 9.96. The average molecular weight is 272 g/mol. The number of H-pyrrole nitrogens is 1. The summed E-state index contributed by atoms with van der Waals surface area (Å²) in [7, 11) is -1.73. The normalized spacial score (nSPS) is 18.3. The Morgan fingerprint density at radius 2 is 2.17 bits per heavy atom. The average Bonchev–Trinajstić information content (AvgIpc) is 2.90. The second kappa shape index (κ2) is 5.81. The number of nitrogens with zero attached hydrogens (tertiary/aromatic N) is 2. The molecule has 6 nitrogen and oxygen atoms in total. The fraction of sp³-hybridized carbons (Fsp3) is 0.727. The Morgan fingerprint density at radius 1 is 1.44 bits per heavy atom. The summed E-state index contributed by atoms with van der Waals surface area (Å²) < 4.78 is 28.3. The molecular weight excluding hydrogens is 252 g/mol. The molecule has 1 aromatic rings. The second-order valence-electron chi connectivity index (χ2n) is 4.74. The first-order valence-corrected chi connectivity index (χ1v) is 7.74. The minimum Gasteiger partial charge on any atom is -0.285 e. The quantitative estimate of drug-likeness (QED) is 0.839. The monoisotopic (exact) mass is 272 g/mol. The molecular formula is C11H20N4O2S. The SMILES string of the molecule is CN(C1CCCCC1)S(=O)(=O)NCc1cn[nH]c1. The van der Waals surface area contributed by atoms with E-state index in [1.807, 2.05) is 0 Å². The fourth-order valence-corrected chi connectivity index (χ4v) is 3.45. The van der Waals surface area contributed by atoms with Crippen molar-refractivity contribution >= 4 is 10.2 Å². The standard InChI is InChI=1S/C11H20N4O2S/c1-15(11-5-3-2-4-6-11)18(16,17)14-9-10-7-12-13-8-10/h7-8,11,14H,2-6,9H2,1H3,(H,12,13).